The van der Waals surface area contributed by atoms with E-state index >= 15 is 0 Å². The first-order valence-electron chi connectivity index (χ1n) is 5.83. The zero-order chi connectivity index (χ0) is 13.7. The van der Waals surface area contributed by atoms with E-state index in [1.165, 1.54) is 7.11 Å². The van der Waals surface area contributed by atoms with E-state index in [1.807, 2.05) is 24.3 Å². The summed E-state index contributed by atoms with van der Waals surface area (Å²) < 4.78 is 24.4. The van der Waals surface area contributed by atoms with Crippen molar-refractivity contribution in [2.75, 3.05) is 7.11 Å². The number of hydrogen-bond donors (Lipinski definition) is 0. The summed E-state index contributed by atoms with van der Waals surface area (Å²) in [6.45, 7) is 0.148. The van der Waals surface area contributed by atoms with Crippen LogP contribution in [0.3, 0.4) is 0 Å². The summed E-state index contributed by atoms with van der Waals surface area (Å²) in [5.41, 5.74) is 1.42. The van der Waals surface area contributed by atoms with Crippen molar-refractivity contribution in [2.24, 2.45) is 0 Å². The van der Waals surface area contributed by atoms with E-state index in [1.54, 1.807) is 18.2 Å². The summed E-state index contributed by atoms with van der Waals surface area (Å²) in [5, 5.41) is 0. The second kappa shape index (κ2) is 6.43. The summed E-state index contributed by atoms with van der Waals surface area (Å²) in [6, 6.07) is 12.4. The molecule has 0 radical (unpaired) electrons. The Labute approximate surface area is 116 Å². The van der Waals surface area contributed by atoms with Gasteiger partial charge in [-0.2, -0.15) is 0 Å². The summed E-state index contributed by atoms with van der Waals surface area (Å²) in [7, 11) is 1.44. The van der Waals surface area contributed by atoms with Gasteiger partial charge in [-0.25, -0.2) is 4.39 Å². The Morgan fingerprint density at radius 1 is 1.16 bits per heavy atom. The van der Waals surface area contributed by atoms with Crippen LogP contribution in [-0.2, 0) is 12.5 Å². The van der Waals surface area contributed by atoms with Gasteiger partial charge < -0.3 is 9.47 Å². The normalized spacial score (nSPS) is 10.3. The van der Waals surface area contributed by atoms with E-state index in [0.717, 1.165) is 5.56 Å². The molecule has 0 N–H and O–H groups in total. The third-order valence-corrected chi connectivity index (χ3v) is 3.02. The Hall–Kier alpha value is -1.74. The van der Waals surface area contributed by atoms with Crippen molar-refractivity contribution in [3.8, 4) is 11.5 Å². The van der Waals surface area contributed by atoms with Crippen molar-refractivity contribution in [2.45, 2.75) is 12.5 Å². The molecule has 0 heterocycles. The van der Waals surface area contributed by atoms with E-state index < -0.39 is 5.82 Å². The highest BCUT2D eigenvalue weighted by molar-refractivity contribution is 6.17. The predicted molar refractivity (Wildman–Crippen MR) is 73.3 cm³/mol. The molecule has 0 fully saturated rings. The zero-order valence-electron chi connectivity index (χ0n) is 10.5. The average Bonchev–Trinajstić information content (AvgIpc) is 2.46. The maximum atomic E-state index is 13.9. The molecule has 2 nitrogen and oxygen atoms in total. The Morgan fingerprint density at radius 3 is 2.68 bits per heavy atom. The maximum Gasteiger partial charge on any atom is 0.171 e. The van der Waals surface area contributed by atoms with Gasteiger partial charge in [0.2, 0.25) is 0 Å². The van der Waals surface area contributed by atoms with Gasteiger partial charge in [-0.3, -0.25) is 0 Å². The molecule has 2 aromatic carbocycles. The maximum absolute atomic E-state index is 13.9. The summed E-state index contributed by atoms with van der Waals surface area (Å²) in [5.74, 6) is 0.916. The number of halogens is 2. The number of rotatable bonds is 5. The standard InChI is InChI=1S/C15H14ClFO2/c1-18-14-7-3-5-12(15(14)17)10-19-13-6-2-4-11(8-13)9-16/h2-8H,9-10H2,1H3. The lowest BCUT2D eigenvalue weighted by Gasteiger charge is -2.10. The average molecular weight is 281 g/mol. The van der Waals surface area contributed by atoms with Gasteiger partial charge in [-0.15, -0.1) is 11.6 Å². The fourth-order valence-electron chi connectivity index (χ4n) is 1.70. The molecule has 19 heavy (non-hydrogen) atoms. The van der Waals surface area contributed by atoms with Crippen LogP contribution >= 0.6 is 11.6 Å². The number of hydrogen-bond acceptors (Lipinski definition) is 2. The number of ether oxygens (including phenoxy) is 2. The Bertz CT molecular complexity index is 558. The van der Waals surface area contributed by atoms with Gasteiger partial charge in [-0.05, 0) is 23.8 Å². The Morgan fingerprint density at radius 2 is 1.95 bits per heavy atom. The van der Waals surface area contributed by atoms with Crippen LogP contribution in [0.25, 0.3) is 0 Å². The molecule has 2 aromatic rings. The van der Waals surface area contributed by atoms with Crippen molar-refractivity contribution in [1.82, 2.24) is 0 Å². The van der Waals surface area contributed by atoms with Crippen LogP contribution in [0.4, 0.5) is 4.39 Å². The first-order valence-corrected chi connectivity index (χ1v) is 6.37. The van der Waals surface area contributed by atoms with Crippen LogP contribution in [0, 0.1) is 5.82 Å². The molecule has 0 aromatic heterocycles. The Balaban J connectivity index is 2.10. The molecule has 0 unspecified atom stereocenters. The number of methoxy groups -OCH3 is 1. The molecule has 0 spiro atoms. The molecule has 0 aliphatic carbocycles. The summed E-state index contributed by atoms with van der Waals surface area (Å²) in [4.78, 5) is 0. The summed E-state index contributed by atoms with van der Waals surface area (Å²) in [6.07, 6.45) is 0. The van der Waals surface area contributed by atoms with Crippen LogP contribution in [0.1, 0.15) is 11.1 Å². The highest BCUT2D eigenvalue weighted by Gasteiger charge is 2.08. The molecular formula is C15H14ClFO2. The van der Waals surface area contributed by atoms with E-state index in [0.29, 0.717) is 17.2 Å². The van der Waals surface area contributed by atoms with Crippen molar-refractivity contribution in [1.29, 1.82) is 0 Å². The van der Waals surface area contributed by atoms with Crippen molar-refractivity contribution >= 4 is 11.6 Å². The second-order valence-electron chi connectivity index (χ2n) is 4.00. The van der Waals surface area contributed by atoms with Gasteiger partial charge in [0.25, 0.3) is 0 Å². The van der Waals surface area contributed by atoms with Crippen molar-refractivity contribution in [3.05, 3.63) is 59.4 Å². The molecule has 0 aliphatic heterocycles. The highest BCUT2D eigenvalue weighted by atomic mass is 35.5. The van der Waals surface area contributed by atoms with Gasteiger partial charge >= 0.3 is 0 Å². The smallest absolute Gasteiger partial charge is 0.171 e. The first-order chi connectivity index (χ1) is 9.24. The first kappa shape index (κ1) is 13.7. The quantitative estimate of drug-likeness (QED) is 0.766. The van der Waals surface area contributed by atoms with Crippen LogP contribution in [0.15, 0.2) is 42.5 Å². The molecular weight excluding hydrogens is 267 g/mol. The van der Waals surface area contributed by atoms with Crippen molar-refractivity contribution < 1.29 is 13.9 Å². The minimum absolute atomic E-state index is 0.148. The Kier molecular flexibility index (Phi) is 4.63. The second-order valence-corrected chi connectivity index (χ2v) is 4.27. The molecule has 0 atom stereocenters. The van der Waals surface area contributed by atoms with E-state index in [2.05, 4.69) is 0 Å². The fraction of sp³-hybridized carbons (Fsp3) is 0.200. The molecule has 0 bridgehead atoms. The van der Waals surface area contributed by atoms with Crippen LogP contribution < -0.4 is 9.47 Å². The molecule has 0 amide bonds. The third kappa shape index (κ3) is 3.38. The van der Waals surface area contributed by atoms with Crippen LogP contribution in [-0.4, -0.2) is 7.11 Å². The minimum Gasteiger partial charge on any atom is -0.494 e. The molecule has 0 saturated carbocycles. The number of alkyl halides is 1. The summed E-state index contributed by atoms with van der Waals surface area (Å²) >= 11 is 5.75. The van der Waals surface area contributed by atoms with Crippen LogP contribution in [0.5, 0.6) is 11.5 Å². The van der Waals surface area contributed by atoms with Gasteiger partial charge in [-0.1, -0.05) is 24.3 Å². The van der Waals surface area contributed by atoms with E-state index in [4.69, 9.17) is 21.1 Å². The van der Waals surface area contributed by atoms with E-state index in [9.17, 15) is 4.39 Å². The zero-order valence-corrected chi connectivity index (χ0v) is 11.3. The van der Waals surface area contributed by atoms with Gasteiger partial charge in [0.1, 0.15) is 12.4 Å². The SMILES string of the molecule is COc1cccc(COc2cccc(CCl)c2)c1F. The monoisotopic (exact) mass is 280 g/mol. The lowest BCUT2D eigenvalue weighted by Crippen LogP contribution is -2.00. The molecule has 0 saturated heterocycles. The predicted octanol–water partition coefficient (Wildman–Crippen LogP) is 4.15. The largest absolute Gasteiger partial charge is 0.494 e. The topological polar surface area (TPSA) is 18.5 Å². The third-order valence-electron chi connectivity index (χ3n) is 2.71. The fourth-order valence-corrected chi connectivity index (χ4v) is 1.87. The lowest BCUT2D eigenvalue weighted by atomic mass is 10.2. The van der Waals surface area contributed by atoms with Crippen LogP contribution in [0.2, 0.25) is 0 Å². The highest BCUT2D eigenvalue weighted by Crippen LogP contribution is 2.22. The molecule has 0 aliphatic rings. The van der Waals surface area contributed by atoms with Gasteiger partial charge in [0.15, 0.2) is 11.6 Å². The molecule has 100 valence electrons. The van der Waals surface area contributed by atoms with E-state index in [-0.39, 0.29) is 12.4 Å². The molecule has 4 heteroatoms. The lowest BCUT2D eigenvalue weighted by molar-refractivity contribution is 0.295. The van der Waals surface area contributed by atoms with Crippen molar-refractivity contribution in [3.63, 3.8) is 0 Å². The van der Waals surface area contributed by atoms with Gasteiger partial charge in [0.05, 0.1) is 7.11 Å². The minimum atomic E-state index is -0.390. The molecule has 2 rings (SSSR count). The van der Waals surface area contributed by atoms with Gasteiger partial charge in [0, 0.05) is 11.4 Å². The number of benzene rings is 2.